The zero-order chi connectivity index (χ0) is 8.39. The van der Waals surface area contributed by atoms with Crippen LogP contribution in [0, 0.1) is 0 Å². The number of pyridine rings is 1. The van der Waals surface area contributed by atoms with Crippen molar-refractivity contribution in [1.29, 1.82) is 0 Å². The number of ether oxygens (including phenoxy) is 1. The van der Waals surface area contributed by atoms with Gasteiger partial charge in [0.1, 0.15) is 0 Å². The molecular weight excluding hydrogens is 150 g/mol. The van der Waals surface area contributed by atoms with Crippen molar-refractivity contribution in [2.45, 2.75) is 26.2 Å². The standard InChI is InChI=1S/C10H13NO/c1-2-12-10-7-6-8-4-3-5-9(8)11-10/h6-7H,2-5H2,1H3. The maximum atomic E-state index is 5.32. The smallest absolute Gasteiger partial charge is 0.213 e. The van der Waals surface area contributed by atoms with Crippen LogP contribution in [0.25, 0.3) is 0 Å². The van der Waals surface area contributed by atoms with Gasteiger partial charge in [-0.1, -0.05) is 6.07 Å². The molecule has 0 saturated carbocycles. The van der Waals surface area contributed by atoms with Crippen LogP contribution in [0.2, 0.25) is 0 Å². The van der Waals surface area contributed by atoms with Crippen molar-refractivity contribution in [1.82, 2.24) is 4.98 Å². The molecule has 1 aliphatic carbocycles. The van der Waals surface area contributed by atoms with Gasteiger partial charge in [-0.3, -0.25) is 0 Å². The van der Waals surface area contributed by atoms with Crippen molar-refractivity contribution in [3.63, 3.8) is 0 Å². The van der Waals surface area contributed by atoms with Crippen molar-refractivity contribution in [2.75, 3.05) is 6.61 Å². The second-order valence-electron chi connectivity index (χ2n) is 3.04. The molecule has 2 heteroatoms. The fourth-order valence-electron chi connectivity index (χ4n) is 1.63. The van der Waals surface area contributed by atoms with E-state index in [0.717, 1.165) is 12.3 Å². The highest BCUT2D eigenvalue weighted by Crippen LogP contribution is 2.22. The van der Waals surface area contributed by atoms with Gasteiger partial charge >= 0.3 is 0 Å². The molecule has 0 aliphatic heterocycles. The summed E-state index contributed by atoms with van der Waals surface area (Å²) in [6, 6.07) is 4.11. The fraction of sp³-hybridized carbons (Fsp3) is 0.500. The largest absolute Gasteiger partial charge is 0.478 e. The van der Waals surface area contributed by atoms with Gasteiger partial charge in [0.05, 0.1) is 6.61 Å². The van der Waals surface area contributed by atoms with E-state index in [9.17, 15) is 0 Å². The van der Waals surface area contributed by atoms with Gasteiger partial charge in [-0.15, -0.1) is 0 Å². The number of hydrogen-bond acceptors (Lipinski definition) is 2. The van der Waals surface area contributed by atoms with Gasteiger partial charge in [0.15, 0.2) is 0 Å². The topological polar surface area (TPSA) is 22.1 Å². The predicted octanol–water partition coefficient (Wildman–Crippen LogP) is 1.97. The molecule has 0 saturated heterocycles. The van der Waals surface area contributed by atoms with E-state index in [-0.39, 0.29) is 0 Å². The molecule has 0 aromatic carbocycles. The van der Waals surface area contributed by atoms with Gasteiger partial charge in [0.25, 0.3) is 0 Å². The molecule has 0 N–H and O–H groups in total. The van der Waals surface area contributed by atoms with Gasteiger partial charge in [0, 0.05) is 11.8 Å². The first-order valence-electron chi connectivity index (χ1n) is 4.51. The lowest BCUT2D eigenvalue weighted by molar-refractivity contribution is 0.326. The molecule has 0 spiro atoms. The van der Waals surface area contributed by atoms with Crippen molar-refractivity contribution >= 4 is 0 Å². The Morgan fingerprint density at radius 1 is 1.42 bits per heavy atom. The predicted molar refractivity (Wildman–Crippen MR) is 47.4 cm³/mol. The first kappa shape index (κ1) is 7.59. The minimum atomic E-state index is 0.700. The van der Waals surface area contributed by atoms with E-state index >= 15 is 0 Å². The summed E-state index contributed by atoms with van der Waals surface area (Å²) in [4.78, 5) is 4.42. The van der Waals surface area contributed by atoms with Crippen LogP contribution in [0.1, 0.15) is 24.6 Å². The lowest BCUT2D eigenvalue weighted by atomic mass is 10.2. The van der Waals surface area contributed by atoms with Crippen molar-refractivity contribution in [3.05, 3.63) is 23.4 Å². The van der Waals surface area contributed by atoms with Crippen LogP contribution in [-0.4, -0.2) is 11.6 Å². The van der Waals surface area contributed by atoms with Crippen molar-refractivity contribution in [3.8, 4) is 5.88 Å². The van der Waals surface area contributed by atoms with E-state index in [1.807, 2.05) is 13.0 Å². The highest BCUT2D eigenvalue weighted by Gasteiger charge is 2.12. The third-order valence-corrected chi connectivity index (χ3v) is 2.19. The molecule has 0 amide bonds. The number of aryl methyl sites for hydroxylation is 2. The molecule has 1 aromatic heterocycles. The van der Waals surface area contributed by atoms with E-state index in [1.54, 1.807) is 0 Å². The molecule has 2 nitrogen and oxygen atoms in total. The summed E-state index contributed by atoms with van der Waals surface area (Å²) in [5.41, 5.74) is 2.64. The molecule has 0 bridgehead atoms. The first-order valence-corrected chi connectivity index (χ1v) is 4.51. The van der Waals surface area contributed by atoms with E-state index in [2.05, 4.69) is 11.1 Å². The zero-order valence-corrected chi connectivity index (χ0v) is 7.34. The molecular formula is C10H13NO. The van der Waals surface area contributed by atoms with Crippen LogP contribution in [0.4, 0.5) is 0 Å². The summed E-state index contributed by atoms with van der Waals surface area (Å²) in [5, 5.41) is 0. The molecule has 64 valence electrons. The molecule has 0 radical (unpaired) electrons. The average Bonchev–Trinajstić information content (AvgIpc) is 2.51. The summed E-state index contributed by atoms with van der Waals surface area (Å²) in [7, 11) is 0. The van der Waals surface area contributed by atoms with E-state index in [4.69, 9.17) is 4.74 Å². The molecule has 12 heavy (non-hydrogen) atoms. The molecule has 0 fully saturated rings. The normalized spacial score (nSPS) is 14.4. The van der Waals surface area contributed by atoms with Gasteiger partial charge in [-0.05, 0) is 31.7 Å². The second-order valence-corrected chi connectivity index (χ2v) is 3.04. The SMILES string of the molecule is CCOc1ccc2c(n1)CCC2. The summed E-state index contributed by atoms with van der Waals surface area (Å²) >= 11 is 0. The maximum absolute atomic E-state index is 5.32. The van der Waals surface area contributed by atoms with Crippen molar-refractivity contribution in [2.24, 2.45) is 0 Å². The Morgan fingerprint density at radius 2 is 2.33 bits per heavy atom. The second kappa shape index (κ2) is 3.13. The lowest BCUT2D eigenvalue weighted by Crippen LogP contribution is -1.96. The van der Waals surface area contributed by atoms with Crippen LogP contribution < -0.4 is 4.74 Å². The quantitative estimate of drug-likeness (QED) is 0.665. The Hall–Kier alpha value is -1.05. The number of hydrogen-bond donors (Lipinski definition) is 0. The highest BCUT2D eigenvalue weighted by atomic mass is 16.5. The third-order valence-electron chi connectivity index (χ3n) is 2.19. The van der Waals surface area contributed by atoms with Crippen LogP contribution >= 0.6 is 0 Å². The van der Waals surface area contributed by atoms with E-state index in [1.165, 1.54) is 24.1 Å². The Kier molecular flexibility index (Phi) is 1.98. The first-order chi connectivity index (χ1) is 5.90. The van der Waals surface area contributed by atoms with Gasteiger partial charge in [-0.2, -0.15) is 0 Å². The van der Waals surface area contributed by atoms with Crippen LogP contribution in [0.3, 0.4) is 0 Å². The Morgan fingerprint density at radius 3 is 3.17 bits per heavy atom. The summed E-state index contributed by atoms with van der Waals surface area (Å²) in [6.07, 6.45) is 3.56. The summed E-state index contributed by atoms with van der Waals surface area (Å²) < 4.78 is 5.32. The minimum Gasteiger partial charge on any atom is -0.478 e. The van der Waals surface area contributed by atoms with Crippen LogP contribution in [-0.2, 0) is 12.8 Å². The number of fused-ring (bicyclic) bond motifs is 1. The number of rotatable bonds is 2. The van der Waals surface area contributed by atoms with Crippen LogP contribution in [0.5, 0.6) is 5.88 Å². The van der Waals surface area contributed by atoms with E-state index in [0.29, 0.717) is 6.61 Å². The highest BCUT2D eigenvalue weighted by molar-refractivity contribution is 5.29. The molecule has 1 heterocycles. The summed E-state index contributed by atoms with van der Waals surface area (Å²) in [6.45, 7) is 2.68. The van der Waals surface area contributed by atoms with Gasteiger partial charge in [0.2, 0.25) is 5.88 Å². The van der Waals surface area contributed by atoms with E-state index < -0.39 is 0 Å². The Bertz CT molecular complexity index is 283. The van der Waals surface area contributed by atoms with Gasteiger partial charge in [-0.25, -0.2) is 4.98 Å². The van der Waals surface area contributed by atoms with Crippen molar-refractivity contribution < 1.29 is 4.74 Å². The molecule has 0 unspecified atom stereocenters. The average molecular weight is 163 g/mol. The summed E-state index contributed by atoms with van der Waals surface area (Å²) in [5.74, 6) is 0.776. The van der Waals surface area contributed by atoms with Crippen LogP contribution in [0.15, 0.2) is 12.1 Å². The molecule has 1 aliphatic rings. The Balaban J connectivity index is 2.26. The molecule has 0 atom stereocenters. The van der Waals surface area contributed by atoms with Gasteiger partial charge < -0.3 is 4.74 Å². The fourth-order valence-corrected chi connectivity index (χ4v) is 1.63. The lowest BCUT2D eigenvalue weighted by Gasteiger charge is -2.03. The number of nitrogens with zero attached hydrogens (tertiary/aromatic N) is 1. The molecule has 1 aromatic rings. The minimum absolute atomic E-state index is 0.700. The monoisotopic (exact) mass is 163 g/mol. The maximum Gasteiger partial charge on any atom is 0.213 e. The number of aromatic nitrogens is 1. The third kappa shape index (κ3) is 1.29. The Labute approximate surface area is 72.6 Å². The molecule has 2 rings (SSSR count). The zero-order valence-electron chi connectivity index (χ0n) is 7.34.